The third-order valence-electron chi connectivity index (χ3n) is 3.34. The zero-order valence-electron chi connectivity index (χ0n) is 12.1. The van der Waals surface area contributed by atoms with Gasteiger partial charge in [-0.2, -0.15) is 0 Å². The second-order valence-electron chi connectivity index (χ2n) is 5.00. The maximum atomic E-state index is 12.2. The van der Waals surface area contributed by atoms with Crippen molar-refractivity contribution in [1.82, 2.24) is 5.32 Å². The molecule has 0 fully saturated rings. The number of hydrogen-bond donors (Lipinski definition) is 1. The van der Waals surface area contributed by atoms with Crippen molar-refractivity contribution in [2.75, 3.05) is 12.3 Å². The zero-order chi connectivity index (χ0) is 16.2. The van der Waals surface area contributed by atoms with Crippen molar-refractivity contribution in [3.8, 4) is 0 Å². The van der Waals surface area contributed by atoms with E-state index in [-0.39, 0.29) is 16.7 Å². The number of sulfone groups is 1. The average Bonchev–Trinajstić information content (AvgIpc) is 2.47. The summed E-state index contributed by atoms with van der Waals surface area (Å²) >= 11 is 11.7. The van der Waals surface area contributed by atoms with Gasteiger partial charge in [-0.15, -0.1) is 0 Å². The van der Waals surface area contributed by atoms with Crippen LogP contribution in [-0.4, -0.2) is 20.7 Å². The summed E-state index contributed by atoms with van der Waals surface area (Å²) in [5, 5.41) is 4.39. The molecule has 22 heavy (non-hydrogen) atoms. The first-order valence-electron chi connectivity index (χ1n) is 6.86. The van der Waals surface area contributed by atoms with E-state index in [0.29, 0.717) is 16.6 Å². The summed E-state index contributed by atoms with van der Waals surface area (Å²) in [5.74, 6) is 0.0273. The van der Waals surface area contributed by atoms with Crippen LogP contribution in [0.3, 0.4) is 0 Å². The van der Waals surface area contributed by atoms with Gasteiger partial charge in [-0.3, -0.25) is 0 Å². The number of benzene rings is 2. The topological polar surface area (TPSA) is 46.2 Å². The Kier molecular flexibility index (Phi) is 5.87. The van der Waals surface area contributed by atoms with Crippen LogP contribution in [-0.2, 0) is 9.84 Å². The number of rotatable bonds is 6. The van der Waals surface area contributed by atoms with E-state index in [1.165, 1.54) is 12.1 Å². The van der Waals surface area contributed by atoms with Gasteiger partial charge >= 0.3 is 0 Å². The first-order chi connectivity index (χ1) is 10.4. The largest absolute Gasteiger partial charge is 0.309 e. The highest BCUT2D eigenvalue weighted by molar-refractivity contribution is 7.91. The predicted octanol–water partition coefficient (Wildman–Crippen LogP) is 4.12. The van der Waals surface area contributed by atoms with Crippen LogP contribution in [0.15, 0.2) is 53.4 Å². The molecule has 0 amide bonds. The molecule has 118 valence electrons. The van der Waals surface area contributed by atoms with E-state index in [2.05, 4.69) is 5.32 Å². The minimum Gasteiger partial charge on any atom is -0.309 e. The van der Waals surface area contributed by atoms with Gasteiger partial charge in [0.25, 0.3) is 0 Å². The second-order valence-corrected chi connectivity index (χ2v) is 7.99. The van der Waals surface area contributed by atoms with Crippen LogP contribution in [0.2, 0.25) is 10.0 Å². The molecule has 0 aliphatic heterocycles. The van der Waals surface area contributed by atoms with Crippen LogP contribution >= 0.6 is 23.2 Å². The van der Waals surface area contributed by atoms with E-state index >= 15 is 0 Å². The zero-order valence-corrected chi connectivity index (χ0v) is 14.4. The van der Waals surface area contributed by atoms with Crippen molar-refractivity contribution in [3.63, 3.8) is 0 Å². The van der Waals surface area contributed by atoms with E-state index < -0.39 is 9.84 Å². The molecular weight excluding hydrogens is 341 g/mol. The number of nitrogens with one attached hydrogen (secondary N) is 1. The molecule has 0 aromatic heterocycles. The standard InChI is InChI=1S/C16H17Cl2NO2S/c1-12(13-3-2-4-15(18)11-13)19-9-10-22(20,21)16-7-5-14(17)6-8-16/h2-8,11-12,19H,9-10H2,1H3/t12-/m0/s1. The molecule has 0 aliphatic carbocycles. The maximum absolute atomic E-state index is 12.2. The van der Waals surface area contributed by atoms with Crippen molar-refractivity contribution in [1.29, 1.82) is 0 Å². The molecule has 0 radical (unpaired) electrons. The van der Waals surface area contributed by atoms with Gasteiger partial charge in [-0.05, 0) is 48.9 Å². The monoisotopic (exact) mass is 357 g/mol. The van der Waals surface area contributed by atoms with Crippen LogP contribution in [0.5, 0.6) is 0 Å². The highest BCUT2D eigenvalue weighted by Gasteiger charge is 2.14. The normalized spacial score (nSPS) is 13.0. The minimum absolute atomic E-state index is 0.0270. The van der Waals surface area contributed by atoms with E-state index in [0.717, 1.165) is 5.56 Å². The Morgan fingerprint density at radius 2 is 1.73 bits per heavy atom. The van der Waals surface area contributed by atoms with Crippen LogP contribution in [0.4, 0.5) is 0 Å². The summed E-state index contributed by atoms with van der Waals surface area (Å²) in [5.41, 5.74) is 1.02. The maximum Gasteiger partial charge on any atom is 0.179 e. The Balaban J connectivity index is 1.94. The van der Waals surface area contributed by atoms with Crippen LogP contribution in [0.25, 0.3) is 0 Å². The van der Waals surface area contributed by atoms with Gasteiger partial charge in [0.2, 0.25) is 0 Å². The van der Waals surface area contributed by atoms with Gasteiger partial charge in [0.05, 0.1) is 10.6 Å². The first kappa shape index (κ1) is 17.3. The lowest BCUT2D eigenvalue weighted by atomic mass is 10.1. The number of halogens is 2. The molecule has 0 unspecified atom stereocenters. The highest BCUT2D eigenvalue weighted by atomic mass is 35.5. The van der Waals surface area contributed by atoms with Crippen LogP contribution in [0, 0.1) is 0 Å². The van der Waals surface area contributed by atoms with Gasteiger partial charge in [0.15, 0.2) is 9.84 Å². The Hall–Kier alpha value is -1.07. The van der Waals surface area contributed by atoms with Crippen LogP contribution in [0.1, 0.15) is 18.5 Å². The molecule has 1 N–H and O–H groups in total. The highest BCUT2D eigenvalue weighted by Crippen LogP contribution is 2.18. The SMILES string of the molecule is C[C@H](NCCS(=O)(=O)c1ccc(Cl)cc1)c1cccc(Cl)c1. The van der Waals surface area contributed by atoms with Crippen molar-refractivity contribution in [3.05, 3.63) is 64.1 Å². The van der Waals surface area contributed by atoms with E-state index in [1.807, 2.05) is 31.2 Å². The molecule has 2 rings (SSSR count). The summed E-state index contributed by atoms with van der Waals surface area (Å²) < 4.78 is 24.4. The third-order valence-corrected chi connectivity index (χ3v) is 5.56. The summed E-state index contributed by atoms with van der Waals surface area (Å²) in [7, 11) is -3.31. The lowest BCUT2D eigenvalue weighted by Gasteiger charge is -2.14. The smallest absolute Gasteiger partial charge is 0.179 e. The summed E-state index contributed by atoms with van der Waals surface area (Å²) in [6.07, 6.45) is 0. The minimum atomic E-state index is -3.31. The van der Waals surface area contributed by atoms with Gasteiger partial charge in [0, 0.05) is 22.6 Å². The molecule has 0 saturated heterocycles. The Labute approximate surface area is 141 Å². The van der Waals surface area contributed by atoms with Gasteiger partial charge in [-0.25, -0.2) is 8.42 Å². The second kappa shape index (κ2) is 7.47. The molecule has 0 bridgehead atoms. The number of hydrogen-bond acceptors (Lipinski definition) is 3. The fraction of sp³-hybridized carbons (Fsp3) is 0.250. The fourth-order valence-electron chi connectivity index (χ4n) is 2.06. The first-order valence-corrected chi connectivity index (χ1v) is 9.26. The summed E-state index contributed by atoms with van der Waals surface area (Å²) in [4.78, 5) is 0.286. The molecule has 0 heterocycles. The molecule has 2 aromatic rings. The lowest BCUT2D eigenvalue weighted by molar-refractivity contribution is 0.572. The van der Waals surface area contributed by atoms with E-state index in [1.54, 1.807) is 12.1 Å². The van der Waals surface area contributed by atoms with Crippen molar-refractivity contribution in [2.24, 2.45) is 0 Å². The molecular formula is C16H17Cl2NO2S. The Morgan fingerprint density at radius 3 is 2.36 bits per heavy atom. The molecule has 3 nitrogen and oxygen atoms in total. The lowest BCUT2D eigenvalue weighted by Crippen LogP contribution is -2.25. The average molecular weight is 358 g/mol. The fourth-order valence-corrected chi connectivity index (χ4v) is 3.56. The van der Waals surface area contributed by atoms with Crippen molar-refractivity contribution < 1.29 is 8.42 Å². The molecule has 1 atom stereocenters. The molecule has 2 aromatic carbocycles. The summed E-state index contributed by atoms with van der Waals surface area (Å²) in [6.45, 7) is 2.33. The van der Waals surface area contributed by atoms with Crippen molar-refractivity contribution >= 4 is 33.0 Å². The predicted molar refractivity (Wildman–Crippen MR) is 91.4 cm³/mol. The van der Waals surface area contributed by atoms with E-state index in [4.69, 9.17) is 23.2 Å². The van der Waals surface area contributed by atoms with Gasteiger partial charge in [0.1, 0.15) is 0 Å². The molecule has 0 saturated carbocycles. The van der Waals surface area contributed by atoms with Gasteiger partial charge in [-0.1, -0.05) is 35.3 Å². The van der Waals surface area contributed by atoms with Gasteiger partial charge < -0.3 is 5.32 Å². The summed E-state index contributed by atoms with van der Waals surface area (Å²) in [6, 6.07) is 13.7. The molecule has 0 spiro atoms. The quantitative estimate of drug-likeness (QED) is 0.845. The Morgan fingerprint density at radius 1 is 1.05 bits per heavy atom. The molecule has 6 heteroatoms. The third kappa shape index (κ3) is 4.71. The Bertz CT molecular complexity index is 730. The van der Waals surface area contributed by atoms with E-state index in [9.17, 15) is 8.42 Å². The van der Waals surface area contributed by atoms with Crippen molar-refractivity contribution in [2.45, 2.75) is 17.9 Å². The molecule has 0 aliphatic rings. The van der Waals surface area contributed by atoms with Crippen LogP contribution < -0.4 is 5.32 Å².